The molecule has 1 atom stereocenters. The maximum absolute atomic E-state index is 13.1. The van der Waals surface area contributed by atoms with Crippen molar-refractivity contribution in [2.45, 2.75) is 25.8 Å². The van der Waals surface area contributed by atoms with Crippen molar-refractivity contribution in [2.24, 2.45) is 0 Å². The first kappa shape index (κ1) is 16.1. The molecule has 7 heteroatoms. The topological polar surface area (TPSA) is 79.3 Å². The minimum absolute atomic E-state index is 0.0256. The number of benzene rings is 1. The molecule has 2 aromatic rings. The quantitative estimate of drug-likeness (QED) is 0.857. The first-order valence-corrected chi connectivity index (χ1v) is 7.53. The Labute approximate surface area is 130 Å². The zero-order valence-electron chi connectivity index (χ0n) is 11.9. The number of rotatable bonds is 6. The van der Waals surface area contributed by atoms with Gasteiger partial charge >= 0.3 is 5.97 Å². The van der Waals surface area contributed by atoms with Crippen molar-refractivity contribution < 1.29 is 19.1 Å². The Morgan fingerprint density at radius 3 is 2.86 bits per heavy atom. The number of halogens is 1. The molecule has 2 rings (SSSR count). The van der Waals surface area contributed by atoms with E-state index in [9.17, 15) is 14.0 Å². The predicted molar refractivity (Wildman–Crippen MR) is 80.4 cm³/mol. The van der Waals surface area contributed by atoms with Gasteiger partial charge in [-0.3, -0.25) is 4.79 Å². The van der Waals surface area contributed by atoms with Gasteiger partial charge in [-0.15, -0.1) is 11.3 Å². The molecule has 0 spiro atoms. The summed E-state index contributed by atoms with van der Waals surface area (Å²) in [5.41, 5.74) is 0.736. The Morgan fingerprint density at radius 1 is 1.45 bits per heavy atom. The second kappa shape index (κ2) is 7.13. The van der Waals surface area contributed by atoms with Gasteiger partial charge in [0.25, 0.3) is 0 Å². The smallest absolute Gasteiger partial charge is 0.355 e. The van der Waals surface area contributed by atoms with E-state index < -0.39 is 5.97 Å². The van der Waals surface area contributed by atoms with Crippen molar-refractivity contribution in [2.75, 3.05) is 0 Å². The fourth-order valence-corrected chi connectivity index (χ4v) is 2.65. The molecule has 116 valence electrons. The van der Waals surface area contributed by atoms with Crippen LogP contribution in [0.1, 0.15) is 40.3 Å². The summed E-state index contributed by atoms with van der Waals surface area (Å²) in [5.74, 6) is -1.72. The van der Waals surface area contributed by atoms with Gasteiger partial charge in [0.05, 0.1) is 6.54 Å². The Hall–Kier alpha value is -2.28. The molecule has 0 radical (unpaired) electrons. The van der Waals surface area contributed by atoms with Crippen LogP contribution >= 0.6 is 11.3 Å². The minimum Gasteiger partial charge on any atom is -0.476 e. The number of carboxylic acids is 1. The van der Waals surface area contributed by atoms with Crippen LogP contribution < -0.4 is 5.32 Å². The van der Waals surface area contributed by atoms with Crippen LogP contribution in [0.3, 0.4) is 0 Å². The molecule has 1 heterocycles. The number of aromatic nitrogens is 1. The number of hydrogen-bond acceptors (Lipinski definition) is 4. The van der Waals surface area contributed by atoms with Crippen molar-refractivity contribution in [3.05, 3.63) is 51.7 Å². The summed E-state index contributed by atoms with van der Waals surface area (Å²) in [6, 6.07) is 6.17. The lowest BCUT2D eigenvalue weighted by atomic mass is 9.97. The van der Waals surface area contributed by atoms with Gasteiger partial charge in [0, 0.05) is 11.8 Å². The molecule has 0 bridgehead atoms. The summed E-state index contributed by atoms with van der Waals surface area (Å²) in [4.78, 5) is 26.5. The third-order valence-corrected chi connectivity index (χ3v) is 3.97. The highest BCUT2D eigenvalue weighted by atomic mass is 32.1. The van der Waals surface area contributed by atoms with E-state index in [2.05, 4.69) is 10.3 Å². The monoisotopic (exact) mass is 322 g/mol. The van der Waals surface area contributed by atoms with Gasteiger partial charge in [-0.2, -0.15) is 0 Å². The Kier molecular flexibility index (Phi) is 5.21. The number of aromatic carboxylic acids is 1. The van der Waals surface area contributed by atoms with Crippen molar-refractivity contribution in [3.63, 3.8) is 0 Å². The standard InChI is InChI=1S/C15H15FN2O3S/c1-9(10-3-2-4-11(16)6-10)5-13(19)17-7-14-18-12(8-22-14)15(20)21/h2-4,6,8-9H,5,7H2,1H3,(H,17,19)(H,20,21). The molecular formula is C15H15FN2O3S. The predicted octanol–water partition coefficient (Wildman–Crippen LogP) is 2.79. The van der Waals surface area contributed by atoms with Crippen molar-refractivity contribution in [1.29, 1.82) is 0 Å². The van der Waals surface area contributed by atoms with Crippen LogP contribution in [0.2, 0.25) is 0 Å². The third kappa shape index (κ3) is 4.36. The lowest BCUT2D eigenvalue weighted by Crippen LogP contribution is -2.24. The van der Waals surface area contributed by atoms with Gasteiger partial charge in [0.1, 0.15) is 10.8 Å². The fraction of sp³-hybridized carbons (Fsp3) is 0.267. The van der Waals surface area contributed by atoms with Crippen LogP contribution in [0.4, 0.5) is 4.39 Å². The minimum atomic E-state index is -1.09. The Balaban J connectivity index is 1.85. The molecule has 0 fully saturated rings. The number of carbonyl (C=O) groups is 2. The van der Waals surface area contributed by atoms with Gasteiger partial charge in [0.15, 0.2) is 5.69 Å². The maximum Gasteiger partial charge on any atom is 0.355 e. The SMILES string of the molecule is CC(CC(=O)NCc1nc(C(=O)O)cs1)c1cccc(F)c1. The van der Waals surface area contributed by atoms with Crippen LogP contribution in [-0.4, -0.2) is 22.0 Å². The van der Waals surface area contributed by atoms with Crippen molar-refractivity contribution in [3.8, 4) is 0 Å². The number of carbonyl (C=O) groups excluding carboxylic acids is 1. The molecule has 22 heavy (non-hydrogen) atoms. The molecule has 0 saturated carbocycles. The third-order valence-electron chi connectivity index (χ3n) is 3.12. The molecule has 1 amide bonds. The summed E-state index contributed by atoms with van der Waals surface area (Å²) >= 11 is 1.18. The van der Waals surface area contributed by atoms with Crippen molar-refractivity contribution >= 4 is 23.2 Å². The number of amides is 1. The molecule has 0 aliphatic heterocycles. The van der Waals surface area contributed by atoms with Gasteiger partial charge in [0.2, 0.25) is 5.91 Å². The van der Waals surface area contributed by atoms with Gasteiger partial charge < -0.3 is 10.4 Å². The second-order valence-corrected chi connectivity index (χ2v) is 5.81. The van der Waals surface area contributed by atoms with Gasteiger partial charge in [-0.25, -0.2) is 14.2 Å². The van der Waals surface area contributed by atoms with Crippen LogP contribution in [0.5, 0.6) is 0 Å². The fourth-order valence-electron chi connectivity index (χ4n) is 1.95. The molecule has 2 N–H and O–H groups in total. The number of thiazole rings is 1. The lowest BCUT2D eigenvalue weighted by molar-refractivity contribution is -0.121. The van der Waals surface area contributed by atoms with E-state index in [1.807, 2.05) is 6.92 Å². The molecule has 0 aliphatic carbocycles. The van der Waals surface area contributed by atoms with E-state index >= 15 is 0 Å². The maximum atomic E-state index is 13.1. The average Bonchev–Trinajstić information content (AvgIpc) is 2.94. The first-order chi connectivity index (χ1) is 10.5. The average molecular weight is 322 g/mol. The van der Waals surface area contributed by atoms with Crippen LogP contribution in [-0.2, 0) is 11.3 Å². The van der Waals surface area contributed by atoms with E-state index in [0.717, 1.165) is 5.56 Å². The number of hydrogen-bond donors (Lipinski definition) is 2. The number of nitrogens with one attached hydrogen (secondary N) is 1. The van der Waals surface area contributed by atoms with E-state index in [0.29, 0.717) is 5.01 Å². The molecule has 1 unspecified atom stereocenters. The Bertz CT molecular complexity index is 687. The normalized spacial score (nSPS) is 11.9. The van der Waals surface area contributed by atoms with Crippen molar-refractivity contribution in [1.82, 2.24) is 10.3 Å². The van der Waals surface area contributed by atoms with E-state index in [1.54, 1.807) is 12.1 Å². The first-order valence-electron chi connectivity index (χ1n) is 6.65. The zero-order valence-corrected chi connectivity index (χ0v) is 12.7. The summed E-state index contributed by atoms with van der Waals surface area (Å²) in [7, 11) is 0. The van der Waals surface area contributed by atoms with Crippen LogP contribution in [0.15, 0.2) is 29.6 Å². The lowest BCUT2D eigenvalue weighted by Gasteiger charge is -2.11. The van der Waals surface area contributed by atoms with E-state index in [-0.39, 0.29) is 36.3 Å². The molecule has 5 nitrogen and oxygen atoms in total. The summed E-state index contributed by atoms with van der Waals surface area (Å²) in [5, 5.41) is 13.4. The highest BCUT2D eigenvalue weighted by molar-refractivity contribution is 7.09. The molecule has 0 saturated heterocycles. The van der Waals surface area contributed by atoms with Gasteiger partial charge in [-0.1, -0.05) is 19.1 Å². The number of carboxylic acid groups (broad SMARTS) is 1. The highest BCUT2D eigenvalue weighted by Crippen LogP contribution is 2.19. The summed E-state index contributed by atoms with van der Waals surface area (Å²) in [6.07, 6.45) is 0.223. The largest absolute Gasteiger partial charge is 0.476 e. The summed E-state index contributed by atoms with van der Waals surface area (Å²) in [6.45, 7) is 2.03. The Morgan fingerprint density at radius 2 is 2.23 bits per heavy atom. The van der Waals surface area contributed by atoms with E-state index in [1.165, 1.54) is 28.8 Å². The molecule has 0 aliphatic rings. The zero-order chi connectivity index (χ0) is 16.1. The number of nitrogens with zero attached hydrogens (tertiary/aromatic N) is 1. The molecule has 1 aromatic carbocycles. The molecule has 1 aromatic heterocycles. The van der Waals surface area contributed by atoms with Crippen LogP contribution in [0, 0.1) is 5.82 Å². The van der Waals surface area contributed by atoms with E-state index in [4.69, 9.17) is 5.11 Å². The van der Waals surface area contributed by atoms with Crippen LogP contribution in [0.25, 0.3) is 0 Å². The molecular weight excluding hydrogens is 307 g/mol. The second-order valence-electron chi connectivity index (χ2n) is 4.87. The summed E-state index contributed by atoms with van der Waals surface area (Å²) < 4.78 is 13.1. The highest BCUT2D eigenvalue weighted by Gasteiger charge is 2.13. The van der Waals surface area contributed by atoms with Gasteiger partial charge in [-0.05, 0) is 23.6 Å².